The molecule has 0 spiro atoms. The normalized spacial score (nSPS) is 12.9. The van der Waals surface area contributed by atoms with Crippen LogP contribution < -0.4 is 0 Å². The van der Waals surface area contributed by atoms with Crippen LogP contribution in [0.25, 0.3) is 0 Å². The van der Waals surface area contributed by atoms with Crippen LogP contribution in [0.3, 0.4) is 0 Å². The number of aliphatic carboxylic acids is 1. The lowest BCUT2D eigenvalue weighted by molar-refractivity contribution is -0.199. The number of halogens is 1. The smallest absolute Gasteiger partial charge is 0.369 e. The van der Waals surface area contributed by atoms with Gasteiger partial charge in [-0.15, -0.1) is 0 Å². The summed E-state index contributed by atoms with van der Waals surface area (Å²) in [6, 6.07) is 0. The third-order valence-electron chi connectivity index (χ3n) is 1.33. The van der Waals surface area contributed by atoms with Crippen molar-refractivity contribution in [3.8, 4) is 0 Å². The number of rotatable bonds is 3. The van der Waals surface area contributed by atoms with E-state index in [1.807, 2.05) is 27.7 Å². The molecule has 0 radical (unpaired) electrons. The number of methoxy groups -OCH3 is 1. The molecule has 1 unspecified atom stereocenters. The molecular formula is C10H23FO3. The van der Waals surface area contributed by atoms with E-state index in [4.69, 9.17) is 5.11 Å². The van der Waals surface area contributed by atoms with Crippen LogP contribution >= 0.6 is 0 Å². The lowest BCUT2D eigenvalue weighted by Gasteiger charge is -2.21. The summed E-state index contributed by atoms with van der Waals surface area (Å²) in [6.45, 7) is 10.9. The second kappa shape index (κ2) is 10.4. The molecule has 0 aromatic rings. The van der Waals surface area contributed by atoms with Crippen LogP contribution in [0.2, 0.25) is 0 Å². The van der Waals surface area contributed by atoms with Gasteiger partial charge in [-0.1, -0.05) is 41.5 Å². The fourth-order valence-electron chi connectivity index (χ4n) is 0.570. The molecular weight excluding hydrogens is 187 g/mol. The van der Waals surface area contributed by atoms with E-state index >= 15 is 0 Å². The van der Waals surface area contributed by atoms with Crippen LogP contribution in [-0.2, 0) is 9.53 Å². The number of carboxylic acid groups (broad SMARTS) is 1. The van der Waals surface area contributed by atoms with Gasteiger partial charge in [0, 0.05) is 13.0 Å². The van der Waals surface area contributed by atoms with Crippen LogP contribution in [-0.4, -0.2) is 24.0 Å². The molecule has 0 bridgehead atoms. The Morgan fingerprint density at radius 1 is 1.29 bits per heavy atom. The maximum absolute atomic E-state index is 12.9. The van der Waals surface area contributed by atoms with E-state index in [-0.39, 0.29) is 0 Å². The first-order valence-corrected chi connectivity index (χ1v) is 4.92. The second-order valence-electron chi connectivity index (χ2n) is 2.31. The summed E-state index contributed by atoms with van der Waals surface area (Å²) < 4.78 is 17.1. The Bertz CT molecular complexity index is 137. The Kier molecular flexibility index (Phi) is 14.2. The third-order valence-corrected chi connectivity index (χ3v) is 1.33. The van der Waals surface area contributed by atoms with E-state index in [0.29, 0.717) is 0 Å². The standard InChI is InChI=1S/C6H11FO3.2C2H6/c1-4(2)6(7,10-3)5(8)9;2*1-2/h4H,1-3H3,(H,8,9);2*1-2H3. The Labute approximate surface area is 86.3 Å². The number of hydrogen-bond donors (Lipinski definition) is 1. The summed E-state index contributed by atoms with van der Waals surface area (Å²) in [7, 11) is 1.04. The van der Waals surface area contributed by atoms with Crippen LogP contribution in [0.4, 0.5) is 4.39 Å². The highest BCUT2D eigenvalue weighted by atomic mass is 19.2. The lowest BCUT2D eigenvalue weighted by atomic mass is 10.1. The molecule has 0 saturated heterocycles. The molecule has 0 aromatic carbocycles. The summed E-state index contributed by atoms with van der Waals surface area (Å²) in [5, 5.41) is 8.30. The number of carbonyl (C=O) groups is 1. The summed E-state index contributed by atoms with van der Waals surface area (Å²) in [6.07, 6.45) is 0. The maximum atomic E-state index is 12.9. The van der Waals surface area contributed by atoms with Gasteiger partial charge >= 0.3 is 11.8 Å². The zero-order valence-electron chi connectivity index (χ0n) is 10.2. The fraction of sp³-hybridized carbons (Fsp3) is 0.900. The molecule has 0 saturated carbocycles. The first-order valence-electron chi connectivity index (χ1n) is 4.92. The molecule has 0 aliphatic heterocycles. The van der Waals surface area contributed by atoms with Crippen molar-refractivity contribution in [2.75, 3.05) is 7.11 Å². The zero-order valence-corrected chi connectivity index (χ0v) is 10.2. The van der Waals surface area contributed by atoms with Crippen molar-refractivity contribution in [3.05, 3.63) is 0 Å². The van der Waals surface area contributed by atoms with Gasteiger partial charge in [0.15, 0.2) is 0 Å². The van der Waals surface area contributed by atoms with Gasteiger partial charge in [0.1, 0.15) is 0 Å². The largest absolute Gasteiger partial charge is 0.477 e. The first kappa shape index (κ1) is 19.0. The molecule has 1 atom stereocenters. The minimum Gasteiger partial charge on any atom is -0.477 e. The van der Waals surface area contributed by atoms with Crippen molar-refractivity contribution >= 4 is 5.97 Å². The van der Waals surface area contributed by atoms with Crippen molar-refractivity contribution in [1.29, 1.82) is 0 Å². The molecule has 1 N–H and O–H groups in total. The lowest BCUT2D eigenvalue weighted by Crippen LogP contribution is -2.40. The average molecular weight is 210 g/mol. The Hall–Kier alpha value is -0.640. The van der Waals surface area contributed by atoms with Gasteiger partial charge in [0.05, 0.1) is 0 Å². The number of ether oxygens (including phenoxy) is 1. The molecule has 0 aliphatic carbocycles. The Morgan fingerprint density at radius 3 is 1.57 bits per heavy atom. The fourth-order valence-corrected chi connectivity index (χ4v) is 0.570. The van der Waals surface area contributed by atoms with Gasteiger partial charge in [-0.2, -0.15) is 4.39 Å². The number of alkyl halides is 1. The SMILES string of the molecule is CC.CC.COC(F)(C(=O)O)C(C)C. The van der Waals surface area contributed by atoms with Crippen LogP contribution in [0.15, 0.2) is 0 Å². The van der Waals surface area contributed by atoms with E-state index in [1.54, 1.807) is 0 Å². The second-order valence-corrected chi connectivity index (χ2v) is 2.31. The number of hydrogen-bond acceptors (Lipinski definition) is 2. The molecule has 0 amide bonds. The summed E-state index contributed by atoms with van der Waals surface area (Å²) in [5.41, 5.74) is 0. The summed E-state index contributed by atoms with van der Waals surface area (Å²) in [4.78, 5) is 10.2. The third kappa shape index (κ3) is 5.91. The maximum Gasteiger partial charge on any atom is 0.369 e. The van der Waals surface area contributed by atoms with Crippen LogP contribution in [0.5, 0.6) is 0 Å². The summed E-state index contributed by atoms with van der Waals surface area (Å²) >= 11 is 0. The van der Waals surface area contributed by atoms with Gasteiger partial charge in [-0.25, -0.2) is 4.79 Å². The molecule has 4 heteroatoms. The van der Waals surface area contributed by atoms with E-state index in [0.717, 1.165) is 7.11 Å². The van der Waals surface area contributed by atoms with Gasteiger partial charge in [0.2, 0.25) is 0 Å². The average Bonchev–Trinajstić information content (AvgIpc) is 2.22. The molecule has 3 nitrogen and oxygen atoms in total. The van der Waals surface area contributed by atoms with Gasteiger partial charge in [-0.3, -0.25) is 0 Å². The Balaban J connectivity index is -0.000000266. The molecule has 0 fully saturated rings. The van der Waals surface area contributed by atoms with Crippen molar-refractivity contribution in [3.63, 3.8) is 0 Å². The van der Waals surface area contributed by atoms with Gasteiger partial charge in [-0.05, 0) is 0 Å². The highest BCUT2D eigenvalue weighted by Gasteiger charge is 2.42. The Morgan fingerprint density at radius 2 is 1.57 bits per heavy atom. The predicted molar refractivity (Wildman–Crippen MR) is 56.0 cm³/mol. The van der Waals surface area contributed by atoms with Crippen LogP contribution in [0.1, 0.15) is 41.5 Å². The van der Waals surface area contributed by atoms with Gasteiger partial charge < -0.3 is 9.84 Å². The zero-order chi connectivity index (χ0) is 12.4. The molecule has 88 valence electrons. The van der Waals surface area contributed by atoms with E-state index in [1.165, 1.54) is 13.8 Å². The first-order chi connectivity index (χ1) is 6.45. The van der Waals surface area contributed by atoms with Crippen molar-refractivity contribution < 1.29 is 19.0 Å². The van der Waals surface area contributed by atoms with Crippen molar-refractivity contribution in [2.24, 2.45) is 5.92 Å². The van der Waals surface area contributed by atoms with Crippen molar-refractivity contribution in [1.82, 2.24) is 0 Å². The highest BCUT2D eigenvalue weighted by molar-refractivity contribution is 5.75. The quantitative estimate of drug-likeness (QED) is 0.778. The van der Waals surface area contributed by atoms with Crippen LogP contribution in [0, 0.1) is 5.92 Å². The molecule has 0 rings (SSSR count). The molecule has 0 heterocycles. The van der Waals surface area contributed by atoms with Crippen molar-refractivity contribution in [2.45, 2.75) is 47.4 Å². The summed E-state index contributed by atoms with van der Waals surface area (Å²) in [5.74, 6) is -4.81. The minimum absolute atomic E-state index is 0.685. The van der Waals surface area contributed by atoms with Gasteiger partial charge in [0.25, 0.3) is 0 Å². The molecule has 0 aliphatic rings. The van der Waals surface area contributed by atoms with E-state index in [9.17, 15) is 9.18 Å². The van der Waals surface area contributed by atoms with E-state index in [2.05, 4.69) is 4.74 Å². The number of carboxylic acids is 1. The monoisotopic (exact) mass is 210 g/mol. The predicted octanol–water partition coefficient (Wildman–Crippen LogP) is 3.09. The van der Waals surface area contributed by atoms with E-state index < -0.39 is 17.7 Å². The molecule has 0 aromatic heterocycles. The minimum atomic E-state index is -2.54. The topological polar surface area (TPSA) is 46.5 Å². The highest BCUT2D eigenvalue weighted by Crippen LogP contribution is 2.22. The molecule has 14 heavy (non-hydrogen) atoms.